The van der Waals surface area contributed by atoms with Gasteiger partial charge in [-0.15, -0.1) is 22.7 Å². The van der Waals surface area contributed by atoms with E-state index in [0.717, 1.165) is 9.88 Å². The minimum atomic E-state index is -3.00. The first kappa shape index (κ1) is 14.7. The molecule has 1 unspecified atom stereocenters. The van der Waals surface area contributed by atoms with Crippen molar-refractivity contribution in [2.24, 2.45) is 0 Å². The van der Waals surface area contributed by atoms with Crippen molar-refractivity contribution in [3.05, 3.63) is 28.6 Å². The molecule has 3 rings (SSSR count). The smallest absolute Gasteiger partial charge is 0.273 e. The molecule has 5 nitrogen and oxygen atoms in total. The molecular weight excluding hydrogens is 328 g/mol. The van der Waals surface area contributed by atoms with Gasteiger partial charge in [-0.1, -0.05) is 6.07 Å². The molecule has 1 fully saturated rings. The molecule has 0 spiro atoms. The average molecular weight is 342 g/mol. The Morgan fingerprint density at radius 1 is 1.43 bits per heavy atom. The van der Waals surface area contributed by atoms with Gasteiger partial charge in [0.05, 0.1) is 16.4 Å². The van der Waals surface area contributed by atoms with E-state index in [1.807, 2.05) is 17.5 Å². The van der Waals surface area contributed by atoms with E-state index in [1.165, 1.54) is 16.2 Å². The first-order chi connectivity index (χ1) is 9.96. The van der Waals surface area contributed by atoms with Crippen molar-refractivity contribution in [1.29, 1.82) is 0 Å². The van der Waals surface area contributed by atoms with Crippen LogP contribution in [0.3, 0.4) is 0 Å². The number of amides is 1. The number of sulfone groups is 1. The number of thiophene rings is 1. The van der Waals surface area contributed by atoms with Crippen LogP contribution in [0.15, 0.2) is 22.9 Å². The van der Waals surface area contributed by atoms with Gasteiger partial charge in [-0.05, 0) is 17.9 Å². The normalized spacial score (nSPS) is 20.5. The maximum atomic E-state index is 12.4. The van der Waals surface area contributed by atoms with E-state index in [9.17, 15) is 13.2 Å². The molecule has 3 heterocycles. The molecule has 0 N–H and O–H groups in total. The predicted molar refractivity (Wildman–Crippen MR) is 84.6 cm³/mol. The van der Waals surface area contributed by atoms with Crippen LogP contribution in [0.2, 0.25) is 0 Å². The van der Waals surface area contributed by atoms with Crippen LogP contribution in [0.25, 0.3) is 9.88 Å². The third-order valence-electron chi connectivity index (χ3n) is 3.53. The summed E-state index contributed by atoms with van der Waals surface area (Å²) < 4.78 is 23.0. The summed E-state index contributed by atoms with van der Waals surface area (Å²) in [7, 11) is -1.35. The van der Waals surface area contributed by atoms with E-state index < -0.39 is 9.84 Å². The van der Waals surface area contributed by atoms with E-state index in [-0.39, 0.29) is 23.5 Å². The van der Waals surface area contributed by atoms with Crippen molar-refractivity contribution in [2.75, 3.05) is 18.6 Å². The number of thiazole rings is 1. The van der Waals surface area contributed by atoms with Gasteiger partial charge < -0.3 is 4.90 Å². The average Bonchev–Trinajstić information content (AvgIpc) is 3.16. The number of carbonyl (C=O) groups excluding carboxylic acids is 1. The lowest BCUT2D eigenvalue weighted by Crippen LogP contribution is -2.38. The zero-order chi connectivity index (χ0) is 15.0. The third kappa shape index (κ3) is 3.02. The SMILES string of the molecule is CN(C(=O)c1csc(-c2cccs2)n1)C1CCS(=O)(=O)C1. The molecule has 112 valence electrons. The number of hydrogen-bond acceptors (Lipinski definition) is 6. The predicted octanol–water partition coefficient (Wildman–Crippen LogP) is 2.13. The van der Waals surface area contributed by atoms with Crippen molar-refractivity contribution in [3.8, 4) is 9.88 Å². The lowest BCUT2D eigenvalue weighted by Gasteiger charge is -2.22. The highest BCUT2D eigenvalue weighted by Crippen LogP contribution is 2.28. The van der Waals surface area contributed by atoms with Gasteiger partial charge in [0.15, 0.2) is 9.84 Å². The zero-order valence-electron chi connectivity index (χ0n) is 11.4. The molecular formula is C13H14N2O3S3. The minimum Gasteiger partial charge on any atom is -0.336 e. The molecule has 8 heteroatoms. The molecule has 0 saturated carbocycles. The van der Waals surface area contributed by atoms with Crippen molar-refractivity contribution < 1.29 is 13.2 Å². The summed E-state index contributed by atoms with van der Waals surface area (Å²) >= 11 is 3.01. The maximum Gasteiger partial charge on any atom is 0.273 e. The largest absolute Gasteiger partial charge is 0.336 e. The van der Waals surface area contributed by atoms with Gasteiger partial charge in [0.25, 0.3) is 5.91 Å². The monoisotopic (exact) mass is 342 g/mol. The van der Waals surface area contributed by atoms with Crippen molar-refractivity contribution in [3.63, 3.8) is 0 Å². The lowest BCUT2D eigenvalue weighted by atomic mass is 10.2. The summed E-state index contributed by atoms with van der Waals surface area (Å²) in [5.41, 5.74) is 0.384. The van der Waals surface area contributed by atoms with Crippen molar-refractivity contribution >= 4 is 38.4 Å². The molecule has 0 bridgehead atoms. The number of rotatable bonds is 3. The molecule has 0 aromatic carbocycles. The zero-order valence-corrected chi connectivity index (χ0v) is 13.8. The summed E-state index contributed by atoms with van der Waals surface area (Å²) in [5.74, 6) is 0.000366. The Hall–Kier alpha value is -1.25. The van der Waals surface area contributed by atoms with Gasteiger partial charge in [-0.2, -0.15) is 0 Å². The fraction of sp³-hybridized carbons (Fsp3) is 0.385. The van der Waals surface area contributed by atoms with Crippen LogP contribution in [0.1, 0.15) is 16.9 Å². The molecule has 0 aliphatic carbocycles. The summed E-state index contributed by atoms with van der Waals surface area (Å²) in [4.78, 5) is 19.3. The maximum absolute atomic E-state index is 12.4. The number of hydrogen-bond donors (Lipinski definition) is 0. The summed E-state index contributed by atoms with van der Waals surface area (Å²) in [5, 5.41) is 4.52. The highest BCUT2D eigenvalue weighted by atomic mass is 32.2. The molecule has 1 saturated heterocycles. The van der Waals surface area contributed by atoms with Gasteiger partial charge in [0, 0.05) is 18.5 Å². The fourth-order valence-corrected chi connectivity index (χ4v) is 5.70. The highest BCUT2D eigenvalue weighted by Gasteiger charge is 2.33. The minimum absolute atomic E-state index is 0.0527. The van der Waals surface area contributed by atoms with Crippen LogP contribution in [0, 0.1) is 0 Å². The van der Waals surface area contributed by atoms with Crippen LogP contribution < -0.4 is 0 Å². The van der Waals surface area contributed by atoms with E-state index in [4.69, 9.17) is 0 Å². The summed E-state index contributed by atoms with van der Waals surface area (Å²) in [6.45, 7) is 0. The van der Waals surface area contributed by atoms with E-state index in [1.54, 1.807) is 23.8 Å². The van der Waals surface area contributed by atoms with Gasteiger partial charge in [-0.25, -0.2) is 13.4 Å². The Morgan fingerprint density at radius 3 is 2.86 bits per heavy atom. The summed E-state index contributed by atoms with van der Waals surface area (Å²) in [6.07, 6.45) is 0.506. The lowest BCUT2D eigenvalue weighted by molar-refractivity contribution is 0.0742. The van der Waals surface area contributed by atoms with Crippen LogP contribution in [-0.4, -0.2) is 48.8 Å². The second-order valence-electron chi connectivity index (χ2n) is 4.99. The van der Waals surface area contributed by atoms with Crippen LogP contribution in [0.4, 0.5) is 0 Å². The van der Waals surface area contributed by atoms with Crippen LogP contribution in [-0.2, 0) is 9.84 Å². The number of aromatic nitrogens is 1. The topological polar surface area (TPSA) is 67.3 Å². The molecule has 2 aromatic rings. The standard InChI is InChI=1S/C13H14N2O3S3/c1-15(9-4-6-21(17,18)8-9)13(16)10-7-20-12(14-10)11-3-2-5-19-11/h2-3,5,7,9H,4,6,8H2,1H3. The van der Waals surface area contributed by atoms with Gasteiger partial charge in [-0.3, -0.25) is 4.79 Å². The van der Waals surface area contributed by atoms with Gasteiger partial charge >= 0.3 is 0 Å². The highest BCUT2D eigenvalue weighted by molar-refractivity contribution is 7.91. The Bertz CT molecular complexity index is 749. The Balaban J connectivity index is 1.76. The van der Waals surface area contributed by atoms with E-state index >= 15 is 0 Å². The first-order valence-electron chi connectivity index (χ1n) is 6.43. The molecule has 1 aliphatic rings. The molecule has 21 heavy (non-hydrogen) atoms. The first-order valence-corrected chi connectivity index (χ1v) is 10.0. The van der Waals surface area contributed by atoms with Gasteiger partial charge in [0.2, 0.25) is 0 Å². The molecule has 1 amide bonds. The molecule has 1 aliphatic heterocycles. The number of carbonyl (C=O) groups is 1. The van der Waals surface area contributed by atoms with Crippen LogP contribution in [0.5, 0.6) is 0 Å². The molecule has 1 atom stereocenters. The summed E-state index contributed by atoms with van der Waals surface area (Å²) in [6, 6.07) is 3.66. The Morgan fingerprint density at radius 2 is 2.24 bits per heavy atom. The molecule has 2 aromatic heterocycles. The quantitative estimate of drug-likeness (QED) is 0.857. The Kier molecular flexibility index (Phi) is 3.85. The van der Waals surface area contributed by atoms with Gasteiger partial charge in [0.1, 0.15) is 10.7 Å². The molecule has 0 radical (unpaired) electrons. The van der Waals surface area contributed by atoms with E-state index in [0.29, 0.717) is 12.1 Å². The fourth-order valence-electron chi connectivity index (χ4n) is 2.31. The third-order valence-corrected chi connectivity index (χ3v) is 7.16. The number of nitrogens with zero attached hydrogens (tertiary/aromatic N) is 2. The second kappa shape index (κ2) is 5.51. The second-order valence-corrected chi connectivity index (χ2v) is 9.02. The van der Waals surface area contributed by atoms with Crippen LogP contribution >= 0.6 is 22.7 Å². The van der Waals surface area contributed by atoms with Crippen molar-refractivity contribution in [2.45, 2.75) is 12.5 Å². The van der Waals surface area contributed by atoms with E-state index in [2.05, 4.69) is 4.98 Å². The Labute approximate surface area is 131 Å². The van der Waals surface area contributed by atoms with Crippen molar-refractivity contribution in [1.82, 2.24) is 9.88 Å².